The number of ether oxygens (including phenoxy) is 1. The molecule has 1 aliphatic carbocycles. The third-order valence-electron chi connectivity index (χ3n) is 8.31. The van der Waals surface area contributed by atoms with Crippen molar-refractivity contribution in [2.75, 3.05) is 0 Å². The number of aromatic amines is 1. The first-order valence-electron chi connectivity index (χ1n) is 15.3. The average molecular weight is 650 g/mol. The molecule has 46 heavy (non-hydrogen) atoms. The fourth-order valence-electron chi connectivity index (χ4n) is 6.01. The molecule has 0 unspecified atom stereocenters. The van der Waals surface area contributed by atoms with E-state index >= 15 is 4.39 Å². The van der Waals surface area contributed by atoms with Crippen LogP contribution in [0, 0.1) is 12.7 Å². The van der Waals surface area contributed by atoms with Crippen molar-refractivity contribution in [3.63, 3.8) is 0 Å². The fourth-order valence-corrected chi connectivity index (χ4v) is 6.01. The minimum Gasteiger partial charge on any atom is -0.490 e. The Kier molecular flexibility index (Phi) is 11.2. The predicted molar refractivity (Wildman–Crippen MR) is 174 cm³/mol. The minimum atomic E-state index is -0.674. The maximum Gasteiger partial charge on any atom is 0.439 e. The number of H-pyrrole nitrogens is 1. The van der Waals surface area contributed by atoms with Crippen LogP contribution in [0.25, 0.3) is 28.2 Å². The van der Waals surface area contributed by atoms with Crippen LogP contribution in [-0.2, 0) is 12.8 Å². The molecule has 6 rings (SSSR count). The van der Waals surface area contributed by atoms with Gasteiger partial charge in [-0.3, -0.25) is 18.9 Å². The van der Waals surface area contributed by atoms with Gasteiger partial charge < -0.3 is 9.84 Å². The van der Waals surface area contributed by atoms with Crippen LogP contribution in [0.5, 0.6) is 5.75 Å². The average Bonchev–Trinajstić information content (AvgIpc) is 3.48. The van der Waals surface area contributed by atoms with E-state index in [0.717, 1.165) is 32.1 Å². The van der Waals surface area contributed by atoms with E-state index < -0.39 is 11.6 Å². The van der Waals surface area contributed by atoms with Gasteiger partial charge in [-0.05, 0) is 86.1 Å². The van der Waals surface area contributed by atoms with Gasteiger partial charge in [-0.1, -0.05) is 54.9 Å². The third kappa shape index (κ3) is 7.51. The molecule has 1 aliphatic rings. The molecule has 0 atom stereocenters. The maximum absolute atomic E-state index is 15.7. The molecule has 1 fully saturated rings. The molecular weight excluding hydrogens is 615 g/mol. The molecule has 3 aromatic carbocycles. The van der Waals surface area contributed by atoms with Crippen LogP contribution in [0.1, 0.15) is 61.7 Å². The third-order valence-corrected chi connectivity index (χ3v) is 8.31. The molecule has 0 bridgehead atoms. The Hall–Kier alpha value is -3.19. The number of rotatable bonds is 9. The van der Waals surface area contributed by atoms with E-state index in [1.165, 1.54) is 6.07 Å². The summed E-state index contributed by atoms with van der Waals surface area (Å²) in [6, 6.07) is 19.5. The Labute approximate surface area is 308 Å². The van der Waals surface area contributed by atoms with Crippen molar-refractivity contribution in [1.82, 2.24) is 19.7 Å². The van der Waals surface area contributed by atoms with Gasteiger partial charge >= 0.3 is 5.76 Å². The molecule has 2 aromatic heterocycles. The van der Waals surface area contributed by atoms with Gasteiger partial charge in [0.2, 0.25) is 0 Å². The second-order valence-corrected chi connectivity index (χ2v) is 11.5. The molecule has 1 radical (unpaired) electrons. The van der Waals surface area contributed by atoms with E-state index in [0.29, 0.717) is 57.2 Å². The van der Waals surface area contributed by atoms with Gasteiger partial charge in [-0.25, -0.2) is 14.2 Å². The van der Waals surface area contributed by atoms with Gasteiger partial charge in [0.25, 0.3) is 5.56 Å². The van der Waals surface area contributed by atoms with Crippen LogP contribution < -0.4 is 16.1 Å². The zero-order chi connectivity index (χ0) is 31.5. The normalized spacial score (nSPS) is 16.2. The molecule has 0 amide bonds. The Balaban J connectivity index is 0.00000417. The summed E-state index contributed by atoms with van der Waals surface area (Å²) >= 11 is 0. The maximum atomic E-state index is 15.7. The van der Waals surface area contributed by atoms with E-state index in [4.69, 9.17) is 9.72 Å². The first-order valence-corrected chi connectivity index (χ1v) is 15.3. The molecule has 11 heteroatoms. The van der Waals surface area contributed by atoms with Crippen molar-refractivity contribution < 1.29 is 18.8 Å². The van der Waals surface area contributed by atoms with Crippen LogP contribution >= 0.6 is 0 Å². The monoisotopic (exact) mass is 649 g/mol. The largest absolute Gasteiger partial charge is 0.490 e. The minimum absolute atomic E-state index is 0. The van der Waals surface area contributed by atoms with Gasteiger partial charge in [0.1, 0.15) is 17.4 Å². The van der Waals surface area contributed by atoms with Gasteiger partial charge in [0, 0.05) is 68.9 Å². The molecular formula is C35H35FKN4O5. The zero-order valence-electron chi connectivity index (χ0n) is 26.3. The van der Waals surface area contributed by atoms with Crippen LogP contribution in [-0.4, -0.2) is 88.4 Å². The molecule has 5 aromatic rings. The second kappa shape index (κ2) is 15.1. The smallest absolute Gasteiger partial charge is 0.439 e. The number of aromatic nitrogens is 4. The predicted octanol–water partition coefficient (Wildman–Crippen LogP) is 5.54. The first kappa shape index (κ1) is 34.1. The summed E-state index contributed by atoms with van der Waals surface area (Å²) in [5.41, 5.74) is 3.78. The van der Waals surface area contributed by atoms with Gasteiger partial charge in [-0.15, -0.1) is 0 Å². The SMILES string of the molecule is CCCc1nc(C)n(-c2ccc(OC3CCC(O)CC3)cc2)c(=O)c1Cc1ccc(-c2ccccc2-c2noc(=O)[nH]2)cc1F.[K]. The molecule has 0 spiro atoms. The van der Waals surface area contributed by atoms with Crippen molar-refractivity contribution in [3.8, 4) is 34.0 Å². The zero-order valence-corrected chi connectivity index (χ0v) is 29.4. The summed E-state index contributed by atoms with van der Waals surface area (Å²) in [5.74, 6) is 0.387. The van der Waals surface area contributed by atoms with Gasteiger partial charge in [0.05, 0.1) is 23.6 Å². The standard InChI is InChI=1S/C35H35FN4O5.K/c1-3-6-32-30(19-23-10-9-22(20-31(23)36)28-7-4-5-8-29(28)33-38-35(43)45-39-33)34(42)40(21(2)37-32)24-11-15-26(16-12-24)44-27-17-13-25(41)14-18-27;/h4-5,7-12,15-16,20,25,27,41H,3,6,13-14,17-19H2,1-2H3,(H,38,39,43);. The van der Waals surface area contributed by atoms with Crippen molar-refractivity contribution in [2.45, 2.75) is 71.0 Å². The molecule has 0 saturated heterocycles. The molecule has 2 heterocycles. The number of benzene rings is 3. The van der Waals surface area contributed by atoms with E-state index in [-0.39, 0.29) is 81.4 Å². The van der Waals surface area contributed by atoms with Crippen LogP contribution in [0.4, 0.5) is 4.39 Å². The Bertz CT molecular complexity index is 1930. The van der Waals surface area contributed by atoms with Crippen LogP contribution in [0.2, 0.25) is 0 Å². The first-order chi connectivity index (χ1) is 21.8. The topological polar surface area (TPSA) is 123 Å². The van der Waals surface area contributed by atoms with E-state index in [1.54, 1.807) is 35.8 Å². The Morgan fingerprint density at radius 3 is 2.39 bits per heavy atom. The second-order valence-electron chi connectivity index (χ2n) is 11.5. The van der Waals surface area contributed by atoms with Gasteiger partial charge in [-0.2, -0.15) is 0 Å². The van der Waals surface area contributed by atoms with E-state index in [2.05, 4.69) is 14.7 Å². The number of aliphatic hydroxyl groups is 1. The number of aliphatic hydroxyl groups excluding tert-OH is 1. The number of hydrogen-bond donors (Lipinski definition) is 2. The summed E-state index contributed by atoms with van der Waals surface area (Å²) in [4.78, 5) is 32.9. The summed E-state index contributed by atoms with van der Waals surface area (Å²) in [6.07, 6.45) is 4.36. The van der Waals surface area contributed by atoms with E-state index in [9.17, 15) is 14.7 Å². The van der Waals surface area contributed by atoms with Crippen molar-refractivity contribution in [3.05, 3.63) is 116 Å². The van der Waals surface area contributed by atoms with Gasteiger partial charge in [0.15, 0.2) is 5.82 Å². The number of nitrogens with zero attached hydrogens (tertiary/aromatic N) is 3. The number of hydrogen-bond acceptors (Lipinski definition) is 7. The number of nitrogens with one attached hydrogen (secondary N) is 1. The summed E-state index contributed by atoms with van der Waals surface area (Å²) in [6.45, 7) is 3.82. The number of aryl methyl sites for hydroxylation is 2. The summed E-state index contributed by atoms with van der Waals surface area (Å²) in [7, 11) is 0. The molecule has 1 saturated carbocycles. The number of halogens is 1. The Morgan fingerprint density at radius 2 is 1.74 bits per heavy atom. The van der Waals surface area contributed by atoms with E-state index in [1.807, 2.05) is 43.3 Å². The van der Waals surface area contributed by atoms with Crippen molar-refractivity contribution in [1.29, 1.82) is 0 Å². The summed E-state index contributed by atoms with van der Waals surface area (Å²) < 4.78 is 28.1. The fraction of sp³-hybridized carbons (Fsp3) is 0.314. The molecule has 9 nitrogen and oxygen atoms in total. The van der Waals surface area contributed by atoms with Crippen LogP contribution in [0.3, 0.4) is 0 Å². The molecule has 233 valence electrons. The van der Waals surface area contributed by atoms with Crippen molar-refractivity contribution in [2.24, 2.45) is 0 Å². The molecule has 2 N–H and O–H groups in total. The Morgan fingerprint density at radius 1 is 1.02 bits per heavy atom. The quantitative estimate of drug-likeness (QED) is 0.201. The van der Waals surface area contributed by atoms with Crippen LogP contribution in [0.15, 0.2) is 80.8 Å². The summed E-state index contributed by atoms with van der Waals surface area (Å²) in [5, 5.41) is 13.6. The molecule has 0 aliphatic heterocycles. The van der Waals surface area contributed by atoms with Crippen molar-refractivity contribution >= 4 is 51.4 Å².